The summed E-state index contributed by atoms with van der Waals surface area (Å²) >= 11 is 0. The van der Waals surface area contributed by atoms with Gasteiger partial charge in [0.2, 0.25) is 0 Å². The van der Waals surface area contributed by atoms with Crippen molar-refractivity contribution in [2.75, 3.05) is 20.1 Å². The van der Waals surface area contributed by atoms with Gasteiger partial charge in [-0.05, 0) is 37.7 Å². The molecular weight excluding hydrogens is 191 g/mol. The Morgan fingerprint density at radius 3 is 2.73 bits per heavy atom. The second-order valence-electron chi connectivity index (χ2n) is 4.26. The van der Waals surface area contributed by atoms with E-state index in [0.29, 0.717) is 6.04 Å². The lowest BCUT2D eigenvalue weighted by atomic mass is 10.2. The van der Waals surface area contributed by atoms with Crippen LogP contribution in [0.2, 0.25) is 0 Å². The molecule has 0 spiro atoms. The quantitative estimate of drug-likeness (QED) is 0.812. The highest BCUT2D eigenvalue weighted by Gasteiger charge is 2.18. The first-order valence-electron chi connectivity index (χ1n) is 5.40. The number of benzene rings is 1. The summed E-state index contributed by atoms with van der Waals surface area (Å²) in [6.07, 6.45) is 1.21. The summed E-state index contributed by atoms with van der Waals surface area (Å²) < 4.78 is 12.7. The molecule has 1 unspecified atom stereocenters. The van der Waals surface area contributed by atoms with Crippen molar-refractivity contribution in [3.05, 3.63) is 35.6 Å². The van der Waals surface area contributed by atoms with Crippen molar-refractivity contribution >= 4 is 0 Å². The molecule has 1 aliphatic rings. The number of hydrogen-bond acceptors (Lipinski definition) is 2. The van der Waals surface area contributed by atoms with Crippen molar-refractivity contribution in [3.63, 3.8) is 0 Å². The topological polar surface area (TPSA) is 15.3 Å². The molecule has 1 saturated heterocycles. The molecule has 2 nitrogen and oxygen atoms in total. The molecule has 1 aromatic rings. The van der Waals surface area contributed by atoms with Gasteiger partial charge in [-0.15, -0.1) is 0 Å². The molecule has 3 heteroatoms. The number of likely N-dealkylation sites (N-methyl/N-ethyl adjacent to an activating group) is 1. The third-order valence-electron chi connectivity index (χ3n) is 2.90. The van der Waals surface area contributed by atoms with E-state index in [2.05, 4.69) is 17.3 Å². The fourth-order valence-electron chi connectivity index (χ4n) is 1.97. The van der Waals surface area contributed by atoms with E-state index in [1.807, 2.05) is 12.1 Å². The molecule has 0 aromatic heterocycles. The molecule has 82 valence electrons. The smallest absolute Gasteiger partial charge is 0.123 e. The lowest BCUT2D eigenvalue weighted by Crippen LogP contribution is -2.30. The van der Waals surface area contributed by atoms with Crippen LogP contribution in [0.25, 0.3) is 0 Å². The van der Waals surface area contributed by atoms with Gasteiger partial charge in [0.15, 0.2) is 0 Å². The van der Waals surface area contributed by atoms with Gasteiger partial charge in [-0.3, -0.25) is 0 Å². The van der Waals surface area contributed by atoms with Crippen LogP contribution in [-0.2, 0) is 6.54 Å². The summed E-state index contributed by atoms with van der Waals surface area (Å²) in [5, 5.41) is 3.48. The maximum Gasteiger partial charge on any atom is 0.123 e. The molecule has 0 bridgehead atoms. The van der Waals surface area contributed by atoms with E-state index in [0.717, 1.165) is 18.7 Å². The standard InChI is InChI=1S/C12H17FN2/c1-15-7-6-12(9-15)14-8-10-2-4-11(13)5-3-10/h2-5,12,14H,6-9H2,1H3. The Kier molecular flexibility index (Phi) is 3.34. The number of rotatable bonds is 3. The highest BCUT2D eigenvalue weighted by atomic mass is 19.1. The molecule has 1 atom stereocenters. The fraction of sp³-hybridized carbons (Fsp3) is 0.500. The molecule has 1 fully saturated rings. The molecule has 0 amide bonds. The molecule has 1 aromatic carbocycles. The number of nitrogens with zero attached hydrogens (tertiary/aromatic N) is 1. The van der Waals surface area contributed by atoms with Crippen LogP contribution < -0.4 is 5.32 Å². The van der Waals surface area contributed by atoms with Gasteiger partial charge in [-0.25, -0.2) is 4.39 Å². The number of likely N-dealkylation sites (tertiary alicyclic amines) is 1. The summed E-state index contributed by atoms with van der Waals surface area (Å²) in [6, 6.07) is 7.28. The Morgan fingerprint density at radius 1 is 1.40 bits per heavy atom. The lowest BCUT2D eigenvalue weighted by Gasteiger charge is -2.12. The van der Waals surface area contributed by atoms with Crippen molar-refractivity contribution in [2.24, 2.45) is 0 Å². The SMILES string of the molecule is CN1CCC(NCc2ccc(F)cc2)C1. The third kappa shape index (κ3) is 3.01. The Hall–Kier alpha value is -0.930. The van der Waals surface area contributed by atoms with E-state index < -0.39 is 0 Å². The first-order valence-corrected chi connectivity index (χ1v) is 5.40. The zero-order valence-corrected chi connectivity index (χ0v) is 9.04. The van der Waals surface area contributed by atoms with Crippen molar-refractivity contribution in [2.45, 2.75) is 19.0 Å². The Balaban J connectivity index is 1.80. The molecule has 0 saturated carbocycles. The highest BCUT2D eigenvalue weighted by molar-refractivity contribution is 5.15. The minimum absolute atomic E-state index is 0.167. The van der Waals surface area contributed by atoms with Gasteiger partial charge in [-0.1, -0.05) is 12.1 Å². The van der Waals surface area contributed by atoms with Crippen molar-refractivity contribution < 1.29 is 4.39 Å². The first-order chi connectivity index (χ1) is 7.24. The summed E-state index contributed by atoms with van der Waals surface area (Å²) in [5.41, 5.74) is 1.14. The van der Waals surface area contributed by atoms with Crippen LogP contribution in [0.4, 0.5) is 4.39 Å². The van der Waals surface area contributed by atoms with Crippen LogP contribution in [0, 0.1) is 5.82 Å². The van der Waals surface area contributed by atoms with Gasteiger partial charge < -0.3 is 10.2 Å². The first kappa shape index (κ1) is 10.6. The van der Waals surface area contributed by atoms with Crippen molar-refractivity contribution in [1.82, 2.24) is 10.2 Å². The monoisotopic (exact) mass is 208 g/mol. The molecular formula is C12H17FN2. The zero-order chi connectivity index (χ0) is 10.7. The minimum Gasteiger partial charge on any atom is -0.309 e. The largest absolute Gasteiger partial charge is 0.309 e. The van der Waals surface area contributed by atoms with Gasteiger partial charge in [0.05, 0.1) is 0 Å². The highest BCUT2D eigenvalue weighted by Crippen LogP contribution is 2.08. The Labute approximate surface area is 90.1 Å². The van der Waals surface area contributed by atoms with Gasteiger partial charge in [0.1, 0.15) is 5.82 Å². The second-order valence-corrected chi connectivity index (χ2v) is 4.26. The van der Waals surface area contributed by atoms with Crippen molar-refractivity contribution in [1.29, 1.82) is 0 Å². The molecule has 0 aliphatic carbocycles. The average molecular weight is 208 g/mol. The van der Waals surface area contributed by atoms with Gasteiger partial charge in [0.25, 0.3) is 0 Å². The predicted molar refractivity (Wildman–Crippen MR) is 59.1 cm³/mol. The van der Waals surface area contributed by atoms with E-state index in [-0.39, 0.29) is 5.82 Å². The maximum absolute atomic E-state index is 12.7. The van der Waals surface area contributed by atoms with Gasteiger partial charge >= 0.3 is 0 Å². The number of hydrogen-bond donors (Lipinski definition) is 1. The normalized spacial score (nSPS) is 22.1. The van der Waals surface area contributed by atoms with Gasteiger partial charge in [0, 0.05) is 19.1 Å². The molecule has 15 heavy (non-hydrogen) atoms. The molecule has 0 radical (unpaired) electrons. The van der Waals surface area contributed by atoms with Crippen LogP contribution >= 0.6 is 0 Å². The molecule has 1 N–H and O–H groups in total. The van der Waals surface area contributed by atoms with E-state index in [9.17, 15) is 4.39 Å². The van der Waals surface area contributed by atoms with Crippen molar-refractivity contribution in [3.8, 4) is 0 Å². The summed E-state index contributed by atoms with van der Waals surface area (Å²) in [6.45, 7) is 3.11. The molecule has 1 aliphatic heterocycles. The van der Waals surface area contributed by atoms with E-state index in [1.54, 1.807) is 0 Å². The maximum atomic E-state index is 12.7. The van der Waals surface area contributed by atoms with E-state index in [1.165, 1.54) is 25.1 Å². The van der Waals surface area contributed by atoms with E-state index >= 15 is 0 Å². The molecule has 2 rings (SSSR count). The van der Waals surface area contributed by atoms with E-state index in [4.69, 9.17) is 0 Å². The number of nitrogens with one attached hydrogen (secondary N) is 1. The lowest BCUT2D eigenvalue weighted by molar-refractivity contribution is 0.397. The molecule has 1 heterocycles. The second kappa shape index (κ2) is 4.73. The van der Waals surface area contributed by atoms with Gasteiger partial charge in [-0.2, -0.15) is 0 Å². The average Bonchev–Trinajstić information content (AvgIpc) is 2.64. The third-order valence-corrected chi connectivity index (χ3v) is 2.90. The Bertz CT molecular complexity index is 310. The predicted octanol–water partition coefficient (Wildman–Crippen LogP) is 1.62. The van der Waals surface area contributed by atoms with Crippen LogP contribution in [0.5, 0.6) is 0 Å². The minimum atomic E-state index is -0.167. The Morgan fingerprint density at radius 2 is 2.13 bits per heavy atom. The van der Waals surface area contributed by atoms with Crippen LogP contribution in [0.1, 0.15) is 12.0 Å². The van der Waals surface area contributed by atoms with Crippen LogP contribution in [0.3, 0.4) is 0 Å². The summed E-state index contributed by atoms with van der Waals surface area (Å²) in [4.78, 5) is 2.32. The fourth-order valence-corrected chi connectivity index (χ4v) is 1.97. The van der Waals surface area contributed by atoms with Crippen LogP contribution in [0.15, 0.2) is 24.3 Å². The summed E-state index contributed by atoms with van der Waals surface area (Å²) in [5.74, 6) is -0.167. The van der Waals surface area contributed by atoms with Crippen LogP contribution in [-0.4, -0.2) is 31.1 Å². The number of halogens is 1. The summed E-state index contributed by atoms with van der Waals surface area (Å²) in [7, 11) is 2.14. The zero-order valence-electron chi connectivity index (χ0n) is 9.04.